The SMILES string of the molecule is CC(=O)c1ccc(F)cc1-c1cnnn1C. The van der Waals surface area contributed by atoms with Gasteiger partial charge in [0.1, 0.15) is 5.82 Å². The summed E-state index contributed by atoms with van der Waals surface area (Å²) in [5, 5.41) is 7.46. The van der Waals surface area contributed by atoms with E-state index >= 15 is 0 Å². The standard InChI is InChI=1S/C11H10FN3O/c1-7(16)9-4-3-8(12)5-10(9)11-6-13-14-15(11)2/h3-6H,1-2H3. The van der Waals surface area contributed by atoms with E-state index in [0.717, 1.165) is 0 Å². The lowest BCUT2D eigenvalue weighted by molar-refractivity contribution is 0.101. The Morgan fingerprint density at radius 2 is 2.19 bits per heavy atom. The summed E-state index contributed by atoms with van der Waals surface area (Å²) in [6, 6.07) is 4.06. The Balaban J connectivity index is 2.67. The zero-order valence-corrected chi connectivity index (χ0v) is 8.94. The Bertz CT molecular complexity index is 548. The topological polar surface area (TPSA) is 47.8 Å². The highest BCUT2D eigenvalue weighted by molar-refractivity contribution is 6.00. The predicted molar refractivity (Wildman–Crippen MR) is 56.4 cm³/mol. The van der Waals surface area contributed by atoms with E-state index in [1.54, 1.807) is 7.05 Å². The molecule has 4 nitrogen and oxygen atoms in total. The smallest absolute Gasteiger partial charge is 0.160 e. The van der Waals surface area contributed by atoms with E-state index in [9.17, 15) is 9.18 Å². The number of carbonyl (C=O) groups excluding carboxylic acids is 1. The third-order valence-electron chi connectivity index (χ3n) is 2.35. The Morgan fingerprint density at radius 3 is 2.75 bits per heavy atom. The van der Waals surface area contributed by atoms with Gasteiger partial charge in [0.05, 0.1) is 11.9 Å². The van der Waals surface area contributed by atoms with Gasteiger partial charge in [0.25, 0.3) is 0 Å². The first-order valence-electron chi connectivity index (χ1n) is 4.75. The highest BCUT2D eigenvalue weighted by Gasteiger charge is 2.13. The summed E-state index contributed by atoms with van der Waals surface area (Å²) >= 11 is 0. The summed E-state index contributed by atoms with van der Waals surface area (Å²) in [6.07, 6.45) is 1.50. The van der Waals surface area contributed by atoms with Crippen LogP contribution in [-0.4, -0.2) is 20.8 Å². The molecule has 82 valence electrons. The van der Waals surface area contributed by atoms with Crippen LogP contribution in [0.5, 0.6) is 0 Å². The predicted octanol–water partition coefficient (Wildman–Crippen LogP) is 1.82. The van der Waals surface area contributed by atoms with Crippen molar-refractivity contribution in [1.29, 1.82) is 0 Å². The lowest BCUT2D eigenvalue weighted by Gasteiger charge is -2.06. The summed E-state index contributed by atoms with van der Waals surface area (Å²) < 4.78 is 14.7. The molecule has 0 amide bonds. The molecule has 2 rings (SSSR count). The second kappa shape index (κ2) is 3.84. The lowest BCUT2D eigenvalue weighted by atomic mass is 10.0. The molecule has 0 fully saturated rings. The van der Waals surface area contributed by atoms with E-state index in [2.05, 4.69) is 10.3 Å². The van der Waals surface area contributed by atoms with E-state index in [-0.39, 0.29) is 11.6 Å². The largest absolute Gasteiger partial charge is 0.294 e. The Hall–Kier alpha value is -2.04. The Morgan fingerprint density at radius 1 is 1.44 bits per heavy atom. The van der Waals surface area contributed by atoms with Crippen molar-refractivity contribution in [2.75, 3.05) is 0 Å². The van der Waals surface area contributed by atoms with Crippen LogP contribution in [-0.2, 0) is 7.05 Å². The van der Waals surface area contributed by atoms with Crippen LogP contribution in [0.1, 0.15) is 17.3 Å². The summed E-state index contributed by atoms with van der Waals surface area (Å²) in [7, 11) is 1.69. The number of rotatable bonds is 2. The second-order valence-electron chi connectivity index (χ2n) is 3.49. The normalized spacial score (nSPS) is 10.4. The van der Waals surface area contributed by atoms with Gasteiger partial charge in [-0.3, -0.25) is 4.79 Å². The van der Waals surface area contributed by atoms with Gasteiger partial charge in [-0.05, 0) is 25.1 Å². The molecule has 0 aliphatic rings. The van der Waals surface area contributed by atoms with E-state index in [4.69, 9.17) is 0 Å². The van der Waals surface area contributed by atoms with Gasteiger partial charge in [0.15, 0.2) is 5.78 Å². The highest BCUT2D eigenvalue weighted by Crippen LogP contribution is 2.23. The van der Waals surface area contributed by atoms with Crippen LogP contribution in [0.15, 0.2) is 24.4 Å². The van der Waals surface area contributed by atoms with E-state index in [1.807, 2.05) is 0 Å². The Kier molecular flexibility index (Phi) is 2.52. The lowest BCUT2D eigenvalue weighted by Crippen LogP contribution is -2.01. The maximum atomic E-state index is 13.2. The number of benzene rings is 1. The highest BCUT2D eigenvalue weighted by atomic mass is 19.1. The molecule has 0 radical (unpaired) electrons. The molecular formula is C11H10FN3O. The van der Waals surface area contributed by atoms with Gasteiger partial charge in [-0.2, -0.15) is 0 Å². The summed E-state index contributed by atoms with van der Waals surface area (Å²) in [5.74, 6) is -0.502. The molecule has 0 N–H and O–H groups in total. The van der Waals surface area contributed by atoms with Crippen LogP contribution in [0.2, 0.25) is 0 Å². The van der Waals surface area contributed by atoms with Gasteiger partial charge in [0.2, 0.25) is 0 Å². The molecule has 0 unspecified atom stereocenters. The number of Topliss-reactive ketones (excluding diaryl/α,β-unsaturated/α-hetero) is 1. The van der Waals surface area contributed by atoms with Crippen molar-refractivity contribution in [1.82, 2.24) is 15.0 Å². The van der Waals surface area contributed by atoms with Crippen molar-refractivity contribution in [3.63, 3.8) is 0 Å². The number of hydrogen-bond donors (Lipinski definition) is 0. The van der Waals surface area contributed by atoms with Crippen molar-refractivity contribution in [3.05, 3.63) is 35.8 Å². The van der Waals surface area contributed by atoms with Crippen LogP contribution < -0.4 is 0 Å². The van der Waals surface area contributed by atoms with E-state index in [1.165, 1.54) is 36.0 Å². The number of halogens is 1. The van der Waals surface area contributed by atoms with Crippen LogP contribution in [0.4, 0.5) is 4.39 Å². The quantitative estimate of drug-likeness (QED) is 0.724. The third kappa shape index (κ3) is 1.71. The molecule has 1 aromatic carbocycles. The maximum absolute atomic E-state index is 13.2. The molecule has 5 heteroatoms. The number of hydrogen-bond acceptors (Lipinski definition) is 3. The van der Waals surface area contributed by atoms with Crippen LogP contribution >= 0.6 is 0 Å². The first-order valence-corrected chi connectivity index (χ1v) is 4.75. The first-order chi connectivity index (χ1) is 7.59. The molecule has 0 saturated heterocycles. The van der Waals surface area contributed by atoms with E-state index in [0.29, 0.717) is 16.8 Å². The number of carbonyl (C=O) groups is 1. The third-order valence-corrected chi connectivity index (χ3v) is 2.35. The monoisotopic (exact) mass is 219 g/mol. The molecule has 2 aromatic rings. The fraction of sp³-hybridized carbons (Fsp3) is 0.182. The summed E-state index contributed by atoms with van der Waals surface area (Å²) in [4.78, 5) is 11.4. The molecule has 0 aliphatic carbocycles. The van der Waals surface area contributed by atoms with Gasteiger partial charge < -0.3 is 0 Å². The number of nitrogens with zero attached hydrogens (tertiary/aromatic N) is 3. The zero-order valence-electron chi connectivity index (χ0n) is 8.94. The van der Waals surface area contributed by atoms with Crippen molar-refractivity contribution in [2.24, 2.45) is 7.05 Å². The molecule has 0 spiro atoms. The summed E-state index contributed by atoms with van der Waals surface area (Å²) in [6.45, 7) is 1.44. The van der Waals surface area contributed by atoms with Crippen molar-refractivity contribution in [2.45, 2.75) is 6.92 Å². The number of ketones is 1. The van der Waals surface area contributed by atoms with Crippen molar-refractivity contribution < 1.29 is 9.18 Å². The first kappa shape index (κ1) is 10.5. The van der Waals surface area contributed by atoms with Gasteiger partial charge in [-0.1, -0.05) is 5.21 Å². The van der Waals surface area contributed by atoms with E-state index < -0.39 is 0 Å². The molecule has 1 heterocycles. The number of aryl methyl sites for hydroxylation is 1. The molecule has 0 atom stereocenters. The fourth-order valence-electron chi connectivity index (χ4n) is 1.57. The zero-order chi connectivity index (χ0) is 11.7. The minimum atomic E-state index is -0.388. The van der Waals surface area contributed by atoms with Crippen molar-refractivity contribution >= 4 is 5.78 Å². The number of aromatic nitrogens is 3. The summed E-state index contributed by atoms with van der Waals surface area (Å²) in [5.41, 5.74) is 1.59. The van der Waals surface area contributed by atoms with Crippen LogP contribution in [0.3, 0.4) is 0 Å². The van der Waals surface area contributed by atoms with Crippen molar-refractivity contribution in [3.8, 4) is 11.3 Å². The van der Waals surface area contributed by atoms with Gasteiger partial charge >= 0.3 is 0 Å². The van der Waals surface area contributed by atoms with Gasteiger partial charge in [-0.25, -0.2) is 9.07 Å². The fourth-order valence-corrected chi connectivity index (χ4v) is 1.57. The molecular weight excluding hydrogens is 209 g/mol. The maximum Gasteiger partial charge on any atom is 0.160 e. The minimum absolute atomic E-state index is 0.115. The average Bonchev–Trinajstić information content (AvgIpc) is 2.63. The molecule has 0 aliphatic heterocycles. The van der Waals surface area contributed by atoms with Gasteiger partial charge in [-0.15, -0.1) is 5.10 Å². The van der Waals surface area contributed by atoms with Crippen LogP contribution in [0.25, 0.3) is 11.3 Å². The molecule has 0 bridgehead atoms. The molecule has 16 heavy (non-hydrogen) atoms. The average molecular weight is 219 g/mol. The Labute approximate surface area is 91.7 Å². The van der Waals surface area contributed by atoms with Crippen LogP contribution in [0, 0.1) is 5.82 Å². The van der Waals surface area contributed by atoms with Gasteiger partial charge in [0, 0.05) is 18.2 Å². The minimum Gasteiger partial charge on any atom is -0.294 e. The molecule has 0 saturated carbocycles. The second-order valence-corrected chi connectivity index (χ2v) is 3.49. The molecule has 1 aromatic heterocycles.